The van der Waals surface area contributed by atoms with Crippen molar-refractivity contribution in [2.75, 3.05) is 26.4 Å². The zero-order chi connectivity index (χ0) is 10.7. The number of amides is 1. The van der Waals surface area contributed by atoms with Gasteiger partial charge in [0.15, 0.2) is 0 Å². The van der Waals surface area contributed by atoms with E-state index in [1.54, 1.807) is 0 Å². The molecule has 2 fully saturated rings. The molecule has 2 aliphatic rings. The maximum atomic E-state index is 12.1. The first-order chi connectivity index (χ1) is 7.33. The third kappa shape index (κ3) is 2.69. The van der Waals surface area contributed by atoms with Crippen LogP contribution in [0.2, 0.25) is 0 Å². The fraction of sp³-hybridized carbons (Fsp3) is 0.909. The van der Waals surface area contributed by atoms with Gasteiger partial charge in [-0.05, 0) is 25.7 Å². The van der Waals surface area contributed by atoms with Crippen molar-refractivity contribution in [3.8, 4) is 0 Å². The number of rotatable bonds is 4. The minimum atomic E-state index is 0.0332. The van der Waals surface area contributed by atoms with Crippen LogP contribution in [0.5, 0.6) is 0 Å². The number of hydrogen-bond donors (Lipinski definition) is 1. The first kappa shape index (κ1) is 10.9. The molecule has 1 atom stereocenters. The number of ether oxygens (including phenoxy) is 1. The van der Waals surface area contributed by atoms with Crippen molar-refractivity contribution in [3.05, 3.63) is 0 Å². The summed E-state index contributed by atoms with van der Waals surface area (Å²) in [7, 11) is 0. The van der Waals surface area contributed by atoms with E-state index in [1.807, 2.05) is 4.90 Å². The van der Waals surface area contributed by atoms with Crippen LogP contribution in [0.25, 0.3) is 0 Å². The van der Waals surface area contributed by atoms with Crippen molar-refractivity contribution in [3.63, 3.8) is 0 Å². The van der Waals surface area contributed by atoms with Crippen LogP contribution in [0.15, 0.2) is 0 Å². The van der Waals surface area contributed by atoms with E-state index in [0.29, 0.717) is 19.2 Å². The quantitative estimate of drug-likeness (QED) is 0.735. The number of aliphatic hydroxyl groups is 1. The van der Waals surface area contributed by atoms with E-state index in [4.69, 9.17) is 9.84 Å². The van der Waals surface area contributed by atoms with E-state index in [0.717, 1.165) is 32.3 Å². The molecule has 1 unspecified atom stereocenters. The third-order valence-electron chi connectivity index (χ3n) is 3.12. The topological polar surface area (TPSA) is 49.8 Å². The molecule has 15 heavy (non-hydrogen) atoms. The first-order valence-corrected chi connectivity index (χ1v) is 5.82. The normalized spacial score (nSPS) is 26.3. The summed E-state index contributed by atoms with van der Waals surface area (Å²) in [5.41, 5.74) is 0. The zero-order valence-electron chi connectivity index (χ0n) is 9.02. The van der Waals surface area contributed by atoms with Gasteiger partial charge in [0.25, 0.3) is 0 Å². The van der Waals surface area contributed by atoms with E-state index < -0.39 is 0 Å². The predicted molar refractivity (Wildman–Crippen MR) is 55.4 cm³/mol. The Hall–Kier alpha value is -0.610. The van der Waals surface area contributed by atoms with Gasteiger partial charge in [0.05, 0.1) is 19.1 Å². The number of hydrogen-bond acceptors (Lipinski definition) is 3. The molecular weight excluding hydrogens is 194 g/mol. The smallest absolute Gasteiger partial charge is 0.228 e. The van der Waals surface area contributed by atoms with Gasteiger partial charge >= 0.3 is 0 Å². The SMILES string of the molecule is O=C(C1CCCOC1)N(CCO)C1CC1. The standard InChI is InChI=1S/C11H19NO3/c13-6-5-12(10-3-4-10)11(14)9-2-1-7-15-8-9/h9-10,13H,1-8H2. The lowest BCUT2D eigenvalue weighted by Crippen LogP contribution is -2.42. The van der Waals surface area contributed by atoms with Crippen LogP contribution in [-0.4, -0.2) is 48.3 Å². The molecule has 1 amide bonds. The second-order valence-electron chi connectivity index (χ2n) is 4.40. The highest BCUT2D eigenvalue weighted by Gasteiger charge is 2.35. The molecule has 1 aliphatic carbocycles. The first-order valence-electron chi connectivity index (χ1n) is 5.82. The Balaban J connectivity index is 1.90. The zero-order valence-corrected chi connectivity index (χ0v) is 9.02. The van der Waals surface area contributed by atoms with E-state index >= 15 is 0 Å². The molecule has 1 aliphatic heterocycles. The van der Waals surface area contributed by atoms with Gasteiger partial charge < -0.3 is 14.7 Å². The number of carbonyl (C=O) groups is 1. The lowest BCUT2D eigenvalue weighted by Gasteiger charge is -2.28. The molecule has 1 N–H and O–H groups in total. The predicted octanol–water partition coefficient (Wildman–Crippen LogP) is 0.396. The fourth-order valence-corrected chi connectivity index (χ4v) is 2.14. The molecular formula is C11H19NO3. The summed E-state index contributed by atoms with van der Waals surface area (Å²) >= 11 is 0. The average molecular weight is 213 g/mol. The van der Waals surface area contributed by atoms with Crippen molar-refractivity contribution in [2.45, 2.75) is 31.7 Å². The molecule has 1 saturated heterocycles. The molecule has 4 nitrogen and oxygen atoms in total. The molecule has 4 heteroatoms. The lowest BCUT2D eigenvalue weighted by molar-refractivity contribution is -0.140. The van der Waals surface area contributed by atoms with Crippen LogP contribution in [0, 0.1) is 5.92 Å². The highest BCUT2D eigenvalue weighted by atomic mass is 16.5. The summed E-state index contributed by atoms with van der Waals surface area (Å²) in [6.07, 6.45) is 4.11. The Morgan fingerprint density at radius 3 is 2.73 bits per heavy atom. The Morgan fingerprint density at radius 1 is 1.40 bits per heavy atom. The average Bonchev–Trinajstić information content (AvgIpc) is 3.10. The van der Waals surface area contributed by atoms with Crippen molar-refractivity contribution in [1.82, 2.24) is 4.90 Å². The molecule has 0 bridgehead atoms. The highest BCUT2D eigenvalue weighted by molar-refractivity contribution is 5.79. The molecule has 0 aromatic rings. The van der Waals surface area contributed by atoms with Gasteiger partial charge in [0.2, 0.25) is 5.91 Å². The molecule has 0 radical (unpaired) electrons. The van der Waals surface area contributed by atoms with Crippen LogP contribution in [0.1, 0.15) is 25.7 Å². The van der Waals surface area contributed by atoms with Crippen LogP contribution < -0.4 is 0 Å². The van der Waals surface area contributed by atoms with E-state index in [-0.39, 0.29) is 18.4 Å². The maximum Gasteiger partial charge on any atom is 0.228 e. The number of nitrogens with zero attached hydrogens (tertiary/aromatic N) is 1. The van der Waals surface area contributed by atoms with Gasteiger partial charge in [-0.2, -0.15) is 0 Å². The second kappa shape index (κ2) is 4.94. The van der Waals surface area contributed by atoms with Gasteiger partial charge in [-0.1, -0.05) is 0 Å². The minimum Gasteiger partial charge on any atom is -0.395 e. The molecule has 0 spiro atoms. The summed E-state index contributed by atoms with van der Waals surface area (Å²) in [5, 5.41) is 8.94. The summed E-state index contributed by atoms with van der Waals surface area (Å²) in [6.45, 7) is 1.90. The van der Waals surface area contributed by atoms with Crippen LogP contribution >= 0.6 is 0 Å². The molecule has 1 heterocycles. The Morgan fingerprint density at radius 2 is 2.20 bits per heavy atom. The van der Waals surface area contributed by atoms with Crippen molar-refractivity contribution < 1.29 is 14.6 Å². The van der Waals surface area contributed by atoms with Crippen molar-refractivity contribution in [2.24, 2.45) is 5.92 Å². The third-order valence-corrected chi connectivity index (χ3v) is 3.12. The lowest BCUT2D eigenvalue weighted by atomic mass is 10.0. The molecule has 0 aromatic heterocycles. The van der Waals surface area contributed by atoms with Crippen LogP contribution in [0.4, 0.5) is 0 Å². The summed E-state index contributed by atoms with van der Waals surface area (Å²) in [4.78, 5) is 14.0. The van der Waals surface area contributed by atoms with E-state index in [1.165, 1.54) is 0 Å². The minimum absolute atomic E-state index is 0.0332. The maximum absolute atomic E-state index is 12.1. The van der Waals surface area contributed by atoms with Gasteiger partial charge in [0, 0.05) is 19.2 Å². The summed E-state index contributed by atoms with van der Waals surface area (Å²) < 4.78 is 5.32. The highest BCUT2D eigenvalue weighted by Crippen LogP contribution is 2.29. The fourth-order valence-electron chi connectivity index (χ4n) is 2.14. The summed E-state index contributed by atoms with van der Waals surface area (Å²) in [5.74, 6) is 0.220. The molecule has 0 aromatic carbocycles. The molecule has 2 rings (SSSR count). The van der Waals surface area contributed by atoms with E-state index in [9.17, 15) is 4.79 Å². The Kier molecular flexibility index (Phi) is 3.59. The second-order valence-corrected chi connectivity index (χ2v) is 4.40. The monoisotopic (exact) mass is 213 g/mol. The van der Waals surface area contributed by atoms with Gasteiger partial charge in [-0.15, -0.1) is 0 Å². The van der Waals surface area contributed by atoms with Gasteiger partial charge in [-0.25, -0.2) is 0 Å². The summed E-state index contributed by atoms with van der Waals surface area (Å²) in [6, 6.07) is 0.395. The van der Waals surface area contributed by atoms with Crippen molar-refractivity contribution in [1.29, 1.82) is 0 Å². The van der Waals surface area contributed by atoms with Crippen LogP contribution in [0.3, 0.4) is 0 Å². The Labute approximate surface area is 90.2 Å². The van der Waals surface area contributed by atoms with Gasteiger partial charge in [0.1, 0.15) is 0 Å². The molecule has 1 saturated carbocycles. The number of aliphatic hydroxyl groups excluding tert-OH is 1. The molecule has 86 valence electrons. The Bertz CT molecular complexity index is 222. The van der Waals surface area contributed by atoms with E-state index in [2.05, 4.69) is 0 Å². The van der Waals surface area contributed by atoms with Crippen molar-refractivity contribution >= 4 is 5.91 Å². The van der Waals surface area contributed by atoms with Gasteiger partial charge in [-0.3, -0.25) is 4.79 Å². The van der Waals surface area contributed by atoms with Crippen LogP contribution in [-0.2, 0) is 9.53 Å². The largest absolute Gasteiger partial charge is 0.395 e. The number of carbonyl (C=O) groups excluding carboxylic acids is 1.